The number of halogens is 1. The molecule has 2 aromatic heterocycles. The molecule has 0 aliphatic rings. The van der Waals surface area contributed by atoms with Gasteiger partial charge in [-0.25, -0.2) is 4.98 Å². The first-order valence-corrected chi connectivity index (χ1v) is 7.73. The first-order chi connectivity index (χ1) is 9.11. The van der Waals surface area contributed by atoms with Crippen LogP contribution in [0.15, 0.2) is 40.4 Å². The Bertz CT molecular complexity index is 668. The van der Waals surface area contributed by atoms with E-state index in [1.165, 1.54) is 5.56 Å². The molecule has 3 aromatic rings. The van der Waals surface area contributed by atoms with Gasteiger partial charge in [-0.3, -0.25) is 4.40 Å². The molecule has 3 rings (SSSR count). The van der Waals surface area contributed by atoms with Crippen molar-refractivity contribution in [2.24, 2.45) is 5.73 Å². The van der Waals surface area contributed by atoms with Crippen molar-refractivity contribution in [1.82, 2.24) is 9.38 Å². The van der Waals surface area contributed by atoms with E-state index in [9.17, 15) is 0 Å². The molecule has 0 radical (unpaired) electrons. The molecule has 5 heteroatoms. The van der Waals surface area contributed by atoms with E-state index in [0.29, 0.717) is 0 Å². The number of hydrogen-bond acceptors (Lipinski definition) is 3. The zero-order valence-electron chi connectivity index (χ0n) is 10.5. The normalized spacial score (nSPS) is 13.0. The van der Waals surface area contributed by atoms with Crippen LogP contribution in [0.4, 0.5) is 0 Å². The predicted octanol–water partition coefficient (Wildman–Crippen LogP) is 3.71. The third-order valence-electron chi connectivity index (χ3n) is 3.06. The van der Waals surface area contributed by atoms with Crippen LogP contribution >= 0.6 is 27.3 Å². The summed E-state index contributed by atoms with van der Waals surface area (Å²) in [7, 11) is 0. The van der Waals surface area contributed by atoms with E-state index in [1.54, 1.807) is 11.3 Å². The zero-order chi connectivity index (χ0) is 13.4. The summed E-state index contributed by atoms with van der Waals surface area (Å²) >= 11 is 5.15. The second kappa shape index (κ2) is 5.07. The van der Waals surface area contributed by atoms with Crippen LogP contribution in [0.25, 0.3) is 4.96 Å². The van der Waals surface area contributed by atoms with Crippen LogP contribution < -0.4 is 5.73 Å². The highest BCUT2D eigenvalue weighted by molar-refractivity contribution is 9.10. The van der Waals surface area contributed by atoms with E-state index < -0.39 is 0 Å². The number of fused-ring (bicyclic) bond motifs is 1. The largest absolute Gasteiger partial charge is 0.324 e. The van der Waals surface area contributed by atoms with Gasteiger partial charge in [0, 0.05) is 34.7 Å². The van der Waals surface area contributed by atoms with Gasteiger partial charge in [-0.1, -0.05) is 22.0 Å². The van der Waals surface area contributed by atoms with E-state index in [4.69, 9.17) is 5.73 Å². The zero-order valence-corrected chi connectivity index (χ0v) is 12.9. The third kappa shape index (κ3) is 2.73. The summed E-state index contributed by atoms with van der Waals surface area (Å²) in [5.41, 5.74) is 9.68. The topological polar surface area (TPSA) is 43.3 Å². The van der Waals surface area contributed by atoms with E-state index in [1.807, 2.05) is 16.0 Å². The molecule has 0 saturated heterocycles. The summed E-state index contributed by atoms with van der Waals surface area (Å²) in [6.07, 6.45) is 4.83. The molecule has 2 heterocycles. The van der Waals surface area contributed by atoms with Gasteiger partial charge in [-0.15, -0.1) is 11.3 Å². The van der Waals surface area contributed by atoms with Crippen molar-refractivity contribution in [3.05, 3.63) is 57.3 Å². The van der Waals surface area contributed by atoms with Crippen LogP contribution in [0.2, 0.25) is 0 Å². The number of rotatable bonds is 3. The maximum Gasteiger partial charge on any atom is 0.193 e. The number of aryl methyl sites for hydroxylation is 1. The predicted molar refractivity (Wildman–Crippen MR) is 82.6 cm³/mol. The molecule has 0 bridgehead atoms. The number of hydrogen-bond donors (Lipinski definition) is 1. The van der Waals surface area contributed by atoms with Gasteiger partial charge >= 0.3 is 0 Å². The fourth-order valence-electron chi connectivity index (χ4n) is 2.20. The molecule has 0 saturated carbocycles. The Hall–Kier alpha value is -1.17. The van der Waals surface area contributed by atoms with Crippen molar-refractivity contribution >= 4 is 32.2 Å². The minimum absolute atomic E-state index is 0.0270. The summed E-state index contributed by atoms with van der Waals surface area (Å²) in [6, 6.07) is 6.27. The number of nitrogens with two attached hydrogens (primary N) is 1. The van der Waals surface area contributed by atoms with Crippen molar-refractivity contribution in [3.8, 4) is 0 Å². The maximum atomic E-state index is 6.29. The maximum absolute atomic E-state index is 6.29. The molecule has 0 aliphatic heterocycles. The van der Waals surface area contributed by atoms with Gasteiger partial charge in [0.05, 0.1) is 5.69 Å². The Kier molecular flexibility index (Phi) is 3.43. The van der Waals surface area contributed by atoms with Crippen LogP contribution in [0.5, 0.6) is 0 Å². The van der Waals surface area contributed by atoms with Crippen molar-refractivity contribution in [2.45, 2.75) is 19.4 Å². The van der Waals surface area contributed by atoms with Crippen LogP contribution in [0, 0.1) is 6.92 Å². The van der Waals surface area contributed by atoms with Gasteiger partial charge in [0.2, 0.25) is 0 Å². The number of thiazole rings is 1. The summed E-state index contributed by atoms with van der Waals surface area (Å²) in [6.45, 7) is 2.08. The standard InChI is InChI=1S/C14H14BrN3S/c1-9-4-10(6-11(15)5-9)13(16)7-12-8-18-2-3-19-14(18)17-12/h2-6,8,13H,7,16H2,1H3. The number of imidazole rings is 1. The summed E-state index contributed by atoms with van der Waals surface area (Å²) in [5.74, 6) is 0. The second-order valence-corrected chi connectivity index (χ2v) is 6.49. The van der Waals surface area contributed by atoms with Crippen molar-refractivity contribution in [1.29, 1.82) is 0 Å². The molecular weight excluding hydrogens is 322 g/mol. The van der Waals surface area contributed by atoms with Gasteiger partial charge in [0.1, 0.15) is 0 Å². The molecule has 98 valence electrons. The molecule has 0 aliphatic carbocycles. The Morgan fingerprint density at radius 2 is 2.26 bits per heavy atom. The van der Waals surface area contributed by atoms with Crippen molar-refractivity contribution < 1.29 is 0 Å². The molecule has 3 nitrogen and oxygen atoms in total. The molecule has 1 aromatic carbocycles. The van der Waals surface area contributed by atoms with Crippen molar-refractivity contribution in [3.63, 3.8) is 0 Å². The Labute approximate surface area is 124 Å². The lowest BCUT2D eigenvalue weighted by Crippen LogP contribution is -2.13. The number of benzene rings is 1. The van der Waals surface area contributed by atoms with Crippen LogP contribution in [0.3, 0.4) is 0 Å². The van der Waals surface area contributed by atoms with Crippen molar-refractivity contribution in [2.75, 3.05) is 0 Å². The van der Waals surface area contributed by atoms with Gasteiger partial charge in [-0.05, 0) is 30.2 Å². The minimum atomic E-state index is -0.0270. The molecule has 0 fully saturated rings. The second-order valence-electron chi connectivity index (χ2n) is 4.70. The number of nitrogens with zero attached hydrogens (tertiary/aromatic N) is 2. The highest BCUT2D eigenvalue weighted by atomic mass is 79.9. The SMILES string of the molecule is Cc1cc(Br)cc(C(N)Cc2cn3ccsc3n2)c1. The van der Waals surface area contributed by atoms with Gasteiger partial charge in [0.15, 0.2) is 4.96 Å². The Balaban J connectivity index is 1.84. The summed E-state index contributed by atoms with van der Waals surface area (Å²) in [4.78, 5) is 5.59. The van der Waals surface area contributed by atoms with Crippen LogP contribution in [0.1, 0.15) is 22.9 Å². The summed E-state index contributed by atoms with van der Waals surface area (Å²) < 4.78 is 3.11. The monoisotopic (exact) mass is 335 g/mol. The van der Waals surface area contributed by atoms with Gasteiger partial charge < -0.3 is 5.73 Å². The minimum Gasteiger partial charge on any atom is -0.324 e. The lowest BCUT2D eigenvalue weighted by Gasteiger charge is -2.12. The average Bonchev–Trinajstić information content (AvgIpc) is 2.88. The van der Waals surface area contributed by atoms with Gasteiger partial charge in [0.25, 0.3) is 0 Å². The Morgan fingerprint density at radius 1 is 1.42 bits per heavy atom. The molecule has 2 N–H and O–H groups in total. The fourth-order valence-corrected chi connectivity index (χ4v) is 3.54. The molecule has 1 unspecified atom stereocenters. The molecule has 0 amide bonds. The van der Waals surface area contributed by atoms with E-state index in [0.717, 1.165) is 27.1 Å². The first kappa shape index (κ1) is 12.8. The average molecular weight is 336 g/mol. The Morgan fingerprint density at radius 3 is 3.00 bits per heavy atom. The first-order valence-electron chi connectivity index (χ1n) is 6.05. The van der Waals surface area contributed by atoms with Gasteiger partial charge in [-0.2, -0.15) is 0 Å². The highest BCUT2D eigenvalue weighted by Gasteiger charge is 2.11. The molecule has 19 heavy (non-hydrogen) atoms. The van der Waals surface area contributed by atoms with E-state index in [2.05, 4.69) is 52.2 Å². The van der Waals surface area contributed by atoms with E-state index in [-0.39, 0.29) is 6.04 Å². The molecule has 0 spiro atoms. The van der Waals surface area contributed by atoms with E-state index >= 15 is 0 Å². The fraction of sp³-hybridized carbons (Fsp3) is 0.214. The lowest BCUT2D eigenvalue weighted by molar-refractivity contribution is 0.709. The third-order valence-corrected chi connectivity index (χ3v) is 4.29. The molecule has 1 atom stereocenters. The summed E-state index contributed by atoms with van der Waals surface area (Å²) in [5, 5.41) is 2.03. The quantitative estimate of drug-likeness (QED) is 0.792. The molecular formula is C14H14BrN3S. The smallest absolute Gasteiger partial charge is 0.193 e. The van der Waals surface area contributed by atoms with Crippen LogP contribution in [-0.4, -0.2) is 9.38 Å². The van der Waals surface area contributed by atoms with Crippen LogP contribution in [-0.2, 0) is 6.42 Å². The number of aromatic nitrogens is 2. The highest BCUT2D eigenvalue weighted by Crippen LogP contribution is 2.22. The lowest BCUT2D eigenvalue weighted by atomic mass is 10.0.